The number of aliphatic hydroxyl groups is 4. The molecule has 7 nitrogen and oxygen atoms in total. The van der Waals surface area contributed by atoms with E-state index < -0.39 is 57.8 Å². The molecule has 194 valence electrons. The Labute approximate surface area is 211 Å². The molecule has 1 aromatic rings. The van der Waals surface area contributed by atoms with Crippen molar-refractivity contribution in [2.75, 3.05) is 6.61 Å². The minimum atomic E-state index is -1.82. The zero-order valence-corrected chi connectivity index (χ0v) is 21.3. The Hall–Kier alpha value is -2.32. The fourth-order valence-corrected chi connectivity index (χ4v) is 7.77. The normalized spacial score (nSPS) is 41.2. The highest BCUT2D eigenvalue weighted by atomic mass is 16.6. The molecule has 0 unspecified atom stereocenters. The monoisotopic (exact) mass is 496 g/mol. The van der Waals surface area contributed by atoms with Crippen LogP contribution in [0.4, 0.5) is 0 Å². The summed E-state index contributed by atoms with van der Waals surface area (Å²) in [5.74, 6) is -3.28. The summed E-state index contributed by atoms with van der Waals surface area (Å²) in [6.45, 7) is 7.12. The van der Waals surface area contributed by atoms with Crippen molar-refractivity contribution in [1.82, 2.24) is 0 Å². The molecule has 4 N–H and O–H groups in total. The largest absolute Gasteiger partial charge is 0.456 e. The van der Waals surface area contributed by atoms with E-state index in [-0.39, 0.29) is 25.4 Å². The first-order valence-corrected chi connectivity index (χ1v) is 12.8. The van der Waals surface area contributed by atoms with Gasteiger partial charge in [-0.05, 0) is 36.0 Å². The third kappa shape index (κ3) is 3.26. The quantitative estimate of drug-likeness (QED) is 0.364. The molecule has 0 bridgehead atoms. The van der Waals surface area contributed by atoms with Gasteiger partial charge in [-0.1, -0.05) is 63.3 Å². The third-order valence-electron chi connectivity index (χ3n) is 9.70. The first kappa shape index (κ1) is 25.3. The van der Waals surface area contributed by atoms with Crippen LogP contribution in [0.1, 0.15) is 46.1 Å². The van der Waals surface area contributed by atoms with Crippen molar-refractivity contribution in [3.63, 3.8) is 0 Å². The second-order valence-corrected chi connectivity index (χ2v) is 12.0. The smallest absolute Gasteiger partial charge is 0.335 e. The van der Waals surface area contributed by atoms with Gasteiger partial charge in [-0.25, -0.2) is 4.79 Å². The standard InChI is InChI=1S/C29H36O7/c1-16-10-22-27(34,24(16)32)14-19(15-30)11-20-23-26(3,4)28(23,13-17(2)29(20,22)35)36-25(33)21(31)12-18-8-6-5-7-9-18/h5-11,17,20-23,30-31,34-35H,12-15H2,1-4H3/t17-,20+,21+,22-,23-,27-,28+,29-/m1/s1. The molecule has 5 rings (SSSR count). The predicted molar refractivity (Wildman–Crippen MR) is 131 cm³/mol. The van der Waals surface area contributed by atoms with Crippen LogP contribution in [0.3, 0.4) is 0 Å². The molecule has 36 heavy (non-hydrogen) atoms. The zero-order valence-electron chi connectivity index (χ0n) is 21.3. The number of aliphatic hydroxyl groups excluding tert-OH is 2. The lowest BCUT2D eigenvalue weighted by Gasteiger charge is -2.50. The molecule has 4 aliphatic rings. The Balaban J connectivity index is 1.50. The van der Waals surface area contributed by atoms with E-state index >= 15 is 0 Å². The average molecular weight is 497 g/mol. The Bertz CT molecular complexity index is 1150. The number of ketones is 1. The van der Waals surface area contributed by atoms with Crippen LogP contribution in [0, 0.1) is 29.1 Å². The van der Waals surface area contributed by atoms with E-state index in [0.717, 1.165) is 5.56 Å². The van der Waals surface area contributed by atoms with E-state index in [1.54, 1.807) is 19.1 Å². The maximum Gasteiger partial charge on any atom is 0.335 e. The first-order chi connectivity index (χ1) is 16.8. The second kappa shape index (κ2) is 8.09. The molecule has 0 heterocycles. The van der Waals surface area contributed by atoms with Gasteiger partial charge in [0.25, 0.3) is 0 Å². The summed E-state index contributed by atoms with van der Waals surface area (Å²) in [4.78, 5) is 26.1. The fourth-order valence-electron chi connectivity index (χ4n) is 7.77. The average Bonchev–Trinajstić information content (AvgIpc) is 3.23. The molecular formula is C29H36O7. The van der Waals surface area contributed by atoms with Crippen molar-refractivity contribution in [3.8, 4) is 0 Å². The van der Waals surface area contributed by atoms with Gasteiger partial charge in [-0.15, -0.1) is 0 Å². The second-order valence-electron chi connectivity index (χ2n) is 12.0. The lowest BCUT2D eigenvalue weighted by molar-refractivity contribution is -0.191. The SMILES string of the molecule is CC1=C[C@H]2[C@@]3(O)[C@H](C)C[C@]4(OC(=O)[C@@H](O)Cc5ccccc5)[C@H]([C@@H]3C=C(CO)C[C@]2(O)C1=O)C4(C)C. The Kier molecular flexibility index (Phi) is 5.69. The number of fused-ring (bicyclic) bond motifs is 5. The van der Waals surface area contributed by atoms with Gasteiger partial charge in [-0.2, -0.15) is 0 Å². The topological polar surface area (TPSA) is 124 Å². The fraction of sp³-hybridized carbons (Fsp3) is 0.586. The number of rotatable bonds is 5. The highest BCUT2D eigenvalue weighted by molar-refractivity contribution is 6.04. The molecule has 0 spiro atoms. The summed E-state index contributed by atoms with van der Waals surface area (Å²) in [5, 5.41) is 44.6. The molecule has 0 aromatic heterocycles. The Morgan fingerprint density at radius 1 is 1.17 bits per heavy atom. The highest BCUT2D eigenvalue weighted by Crippen LogP contribution is 2.76. The number of carbonyl (C=O) groups is 2. The van der Waals surface area contributed by atoms with Crippen LogP contribution in [-0.4, -0.2) is 61.7 Å². The van der Waals surface area contributed by atoms with Gasteiger partial charge in [0.05, 0.1) is 12.2 Å². The van der Waals surface area contributed by atoms with Crippen LogP contribution < -0.4 is 0 Å². The minimum absolute atomic E-state index is 0.0535. The van der Waals surface area contributed by atoms with Gasteiger partial charge in [0.1, 0.15) is 11.2 Å². The van der Waals surface area contributed by atoms with Crippen molar-refractivity contribution < 1.29 is 34.8 Å². The number of benzene rings is 1. The molecular weight excluding hydrogens is 460 g/mol. The maximum absolute atomic E-state index is 13.1. The zero-order chi connectivity index (χ0) is 26.3. The summed E-state index contributed by atoms with van der Waals surface area (Å²) >= 11 is 0. The molecule has 8 atom stereocenters. The predicted octanol–water partition coefficient (Wildman–Crippen LogP) is 2.11. The molecule has 2 fully saturated rings. The van der Waals surface area contributed by atoms with Crippen LogP contribution in [0.25, 0.3) is 0 Å². The van der Waals surface area contributed by atoms with E-state index in [1.165, 1.54) is 0 Å². The lowest BCUT2D eigenvalue weighted by atomic mass is 9.60. The van der Waals surface area contributed by atoms with Crippen LogP contribution >= 0.6 is 0 Å². The van der Waals surface area contributed by atoms with Gasteiger partial charge in [0.15, 0.2) is 11.9 Å². The van der Waals surface area contributed by atoms with E-state index in [1.807, 2.05) is 51.1 Å². The highest BCUT2D eigenvalue weighted by Gasteiger charge is 2.83. The van der Waals surface area contributed by atoms with Gasteiger partial charge in [0, 0.05) is 36.0 Å². The minimum Gasteiger partial charge on any atom is -0.456 e. The molecule has 7 heteroatoms. The third-order valence-corrected chi connectivity index (χ3v) is 9.70. The van der Waals surface area contributed by atoms with E-state index in [2.05, 4.69) is 0 Å². The van der Waals surface area contributed by atoms with E-state index in [9.17, 15) is 30.0 Å². The molecule has 0 amide bonds. The van der Waals surface area contributed by atoms with Crippen LogP contribution in [0.15, 0.2) is 53.6 Å². The number of hydrogen-bond donors (Lipinski definition) is 4. The number of ether oxygens (including phenoxy) is 1. The number of esters is 1. The van der Waals surface area contributed by atoms with Gasteiger partial charge in [-0.3, -0.25) is 4.79 Å². The summed E-state index contributed by atoms with van der Waals surface area (Å²) in [6, 6.07) is 9.24. The first-order valence-electron chi connectivity index (χ1n) is 12.8. The van der Waals surface area contributed by atoms with Crippen molar-refractivity contribution in [2.45, 2.75) is 69.9 Å². The van der Waals surface area contributed by atoms with Gasteiger partial charge >= 0.3 is 5.97 Å². The van der Waals surface area contributed by atoms with Gasteiger partial charge in [0.2, 0.25) is 0 Å². The van der Waals surface area contributed by atoms with Gasteiger partial charge < -0.3 is 25.2 Å². The summed E-state index contributed by atoms with van der Waals surface area (Å²) in [6.07, 6.45) is 2.57. The number of Topliss-reactive ketones (excluding diaryl/α,β-unsaturated/α-hetero) is 1. The maximum atomic E-state index is 13.1. The molecule has 0 radical (unpaired) electrons. The van der Waals surface area contributed by atoms with Crippen molar-refractivity contribution in [1.29, 1.82) is 0 Å². The molecule has 0 saturated heterocycles. The summed E-state index contributed by atoms with van der Waals surface area (Å²) in [7, 11) is 0. The van der Waals surface area contributed by atoms with Crippen molar-refractivity contribution in [3.05, 3.63) is 59.2 Å². The van der Waals surface area contributed by atoms with Crippen LogP contribution in [0.5, 0.6) is 0 Å². The molecule has 1 aromatic carbocycles. The van der Waals surface area contributed by atoms with E-state index in [0.29, 0.717) is 17.6 Å². The molecule has 2 saturated carbocycles. The Morgan fingerprint density at radius 2 is 1.83 bits per heavy atom. The van der Waals surface area contributed by atoms with Crippen molar-refractivity contribution >= 4 is 11.8 Å². The lowest BCUT2D eigenvalue weighted by Crippen LogP contribution is -2.61. The number of carbonyl (C=O) groups excluding carboxylic acids is 2. The summed E-state index contributed by atoms with van der Waals surface area (Å²) < 4.78 is 6.12. The molecule has 0 aliphatic heterocycles. The molecule has 4 aliphatic carbocycles. The van der Waals surface area contributed by atoms with Crippen LogP contribution in [-0.2, 0) is 20.7 Å². The Morgan fingerprint density at radius 3 is 2.47 bits per heavy atom. The summed E-state index contributed by atoms with van der Waals surface area (Å²) in [5.41, 5.74) is -3.03. The number of hydrogen-bond acceptors (Lipinski definition) is 7. The van der Waals surface area contributed by atoms with Crippen LogP contribution in [0.2, 0.25) is 0 Å². The van der Waals surface area contributed by atoms with E-state index in [4.69, 9.17) is 4.74 Å². The van der Waals surface area contributed by atoms with Crippen molar-refractivity contribution in [2.24, 2.45) is 29.1 Å².